The lowest BCUT2D eigenvalue weighted by atomic mass is 10.0. The Hall–Kier alpha value is -2.26. The summed E-state index contributed by atoms with van der Waals surface area (Å²) < 4.78 is 2.54. The van der Waals surface area contributed by atoms with Gasteiger partial charge in [-0.2, -0.15) is 0 Å². The van der Waals surface area contributed by atoms with E-state index in [1.807, 2.05) is 0 Å². The van der Waals surface area contributed by atoms with Crippen molar-refractivity contribution in [2.75, 3.05) is 24.5 Å². The van der Waals surface area contributed by atoms with E-state index in [1.165, 1.54) is 59.1 Å². The predicted octanol–water partition coefficient (Wildman–Crippen LogP) is 6.05. The summed E-state index contributed by atoms with van der Waals surface area (Å²) in [6, 6.07) is 16.3. The van der Waals surface area contributed by atoms with Crippen molar-refractivity contribution in [2.45, 2.75) is 66.0 Å². The Morgan fingerprint density at radius 1 is 0.967 bits per heavy atom. The molecule has 1 aliphatic rings. The normalized spacial score (nSPS) is 13.6. The fraction of sp³-hybridized carbons (Fsp3) is 0.481. The summed E-state index contributed by atoms with van der Waals surface area (Å²) in [6.45, 7) is 12.1. The molecule has 0 saturated carbocycles. The Kier molecular flexibility index (Phi) is 6.79. The molecule has 0 atom stereocenters. The van der Waals surface area contributed by atoms with Crippen LogP contribution in [0.1, 0.15) is 61.9 Å². The number of hydrogen-bond donors (Lipinski definition) is 1. The number of anilines is 1. The van der Waals surface area contributed by atoms with Gasteiger partial charge in [-0.1, -0.05) is 50.5 Å². The van der Waals surface area contributed by atoms with Crippen LogP contribution in [0.15, 0.2) is 42.5 Å². The van der Waals surface area contributed by atoms with Gasteiger partial charge in [-0.25, -0.2) is 0 Å². The summed E-state index contributed by atoms with van der Waals surface area (Å²) >= 11 is 0. The summed E-state index contributed by atoms with van der Waals surface area (Å²) in [6.07, 6.45) is 6.16. The smallest absolute Gasteiger partial charge is 0.0489 e. The van der Waals surface area contributed by atoms with Gasteiger partial charge < -0.3 is 14.8 Å². The maximum Gasteiger partial charge on any atom is 0.0489 e. The average Bonchev–Trinajstić information content (AvgIpc) is 3.07. The largest absolute Gasteiger partial charge is 0.372 e. The van der Waals surface area contributed by atoms with E-state index in [9.17, 15) is 0 Å². The third kappa shape index (κ3) is 4.41. The van der Waals surface area contributed by atoms with Crippen LogP contribution in [0.25, 0.3) is 10.9 Å². The number of rotatable bonds is 9. The first-order chi connectivity index (χ1) is 14.7. The van der Waals surface area contributed by atoms with Crippen molar-refractivity contribution in [1.29, 1.82) is 0 Å². The highest BCUT2D eigenvalue weighted by atomic mass is 15.1. The van der Waals surface area contributed by atoms with Crippen molar-refractivity contribution in [3.8, 4) is 0 Å². The number of nitrogens with one attached hydrogen (secondary N) is 1. The van der Waals surface area contributed by atoms with Crippen molar-refractivity contribution >= 4 is 16.6 Å². The molecule has 3 heteroatoms. The maximum absolute atomic E-state index is 3.58. The molecule has 4 rings (SSSR count). The Morgan fingerprint density at radius 2 is 1.70 bits per heavy atom. The first-order valence-corrected chi connectivity index (χ1v) is 11.9. The first kappa shape index (κ1) is 21.0. The summed E-state index contributed by atoms with van der Waals surface area (Å²) in [7, 11) is 0. The van der Waals surface area contributed by atoms with Gasteiger partial charge in [0.05, 0.1) is 0 Å². The van der Waals surface area contributed by atoms with Crippen LogP contribution < -0.4 is 10.2 Å². The summed E-state index contributed by atoms with van der Waals surface area (Å²) in [4.78, 5) is 2.57. The number of unbranched alkanes of at least 4 members (excludes halogenated alkanes) is 2. The minimum Gasteiger partial charge on any atom is -0.372 e. The number of benzene rings is 2. The Labute approximate surface area is 182 Å². The van der Waals surface area contributed by atoms with Crippen LogP contribution in [-0.2, 0) is 19.5 Å². The molecule has 0 spiro atoms. The number of aromatic nitrogens is 1. The molecule has 0 amide bonds. The van der Waals surface area contributed by atoms with E-state index in [1.54, 1.807) is 5.56 Å². The van der Waals surface area contributed by atoms with Crippen molar-refractivity contribution in [2.24, 2.45) is 0 Å². The molecule has 1 aromatic heterocycles. The molecule has 30 heavy (non-hydrogen) atoms. The van der Waals surface area contributed by atoms with Gasteiger partial charge in [-0.3, -0.25) is 0 Å². The van der Waals surface area contributed by atoms with Gasteiger partial charge in [0.15, 0.2) is 0 Å². The molecule has 1 aliphatic heterocycles. The second-order valence-corrected chi connectivity index (χ2v) is 8.82. The molecule has 3 aromatic rings. The number of aryl methyl sites for hydroxylation is 1. The lowest BCUT2D eigenvalue weighted by Crippen LogP contribution is -2.26. The van der Waals surface area contributed by atoms with Gasteiger partial charge >= 0.3 is 0 Å². The zero-order valence-electron chi connectivity index (χ0n) is 19.0. The van der Waals surface area contributed by atoms with E-state index in [2.05, 4.69) is 78.0 Å². The van der Waals surface area contributed by atoms with Crippen LogP contribution >= 0.6 is 0 Å². The summed E-state index contributed by atoms with van der Waals surface area (Å²) in [5, 5.41) is 5.03. The summed E-state index contributed by atoms with van der Waals surface area (Å²) in [5.74, 6) is 0. The molecule has 3 nitrogen and oxygen atoms in total. The molecule has 2 aromatic carbocycles. The Balaban J connectivity index is 1.60. The predicted molar refractivity (Wildman–Crippen MR) is 130 cm³/mol. The highest BCUT2D eigenvalue weighted by Crippen LogP contribution is 2.30. The third-order valence-electron chi connectivity index (χ3n) is 6.49. The van der Waals surface area contributed by atoms with Crippen molar-refractivity contribution in [1.82, 2.24) is 9.88 Å². The van der Waals surface area contributed by atoms with E-state index in [4.69, 9.17) is 0 Å². The van der Waals surface area contributed by atoms with Gasteiger partial charge in [0.25, 0.3) is 0 Å². The second-order valence-electron chi connectivity index (χ2n) is 8.82. The van der Waals surface area contributed by atoms with Crippen LogP contribution in [0.4, 0.5) is 5.69 Å². The molecule has 160 valence electrons. The van der Waals surface area contributed by atoms with Gasteiger partial charge in [0, 0.05) is 48.5 Å². The topological polar surface area (TPSA) is 20.2 Å². The monoisotopic (exact) mass is 403 g/mol. The van der Waals surface area contributed by atoms with Crippen molar-refractivity contribution in [3.63, 3.8) is 0 Å². The zero-order chi connectivity index (χ0) is 20.9. The van der Waals surface area contributed by atoms with Crippen LogP contribution in [0.2, 0.25) is 0 Å². The van der Waals surface area contributed by atoms with E-state index in [-0.39, 0.29) is 0 Å². The second kappa shape index (κ2) is 9.70. The molecular weight excluding hydrogens is 366 g/mol. The molecule has 0 unspecified atom stereocenters. The number of fused-ring (bicyclic) bond motifs is 3. The van der Waals surface area contributed by atoms with Gasteiger partial charge in [0.1, 0.15) is 0 Å². The minimum atomic E-state index is 0.945. The van der Waals surface area contributed by atoms with E-state index < -0.39 is 0 Å². The average molecular weight is 404 g/mol. The standard InChI is InChI=1S/C27H37N3/c1-4-6-16-29(17-7-5-2)23-11-9-22(10-12-23)20-30-26-13-8-21(3)18-25(26)24-14-15-28-19-27(24)30/h8-13,18,28H,4-7,14-17,19-20H2,1-3H3. The van der Waals surface area contributed by atoms with Crippen LogP contribution in [-0.4, -0.2) is 24.2 Å². The van der Waals surface area contributed by atoms with Gasteiger partial charge in [-0.05, 0) is 68.1 Å². The Bertz CT molecular complexity index is 960. The number of hydrogen-bond acceptors (Lipinski definition) is 2. The molecule has 2 heterocycles. The maximum atomic E-state index is 3.58. The van der Waals surface area contributed by atoms with Gasteiger partial charge in [0.2, 0.25) is 0 Å². The summed E-state index contributed by atoms with van der Waals surface area (Å²) in [5.41, 5.74) is 8.51. The van der Waals surface area contributed by atoms with Crippen LogP contribution in [0, 0.1) is 6.92 Å². The zero-order valence-corrected chi connectivity index (χ0v) is 19.0. The van der Waals surface area contributed by atoms with Crippen molar-refractivity contribution in [3.05, 3.63) is 64.8 Å². The highest BCUT2D eigenvalue weighted by molar-refractivity contribution is 5.86. The van der Waals surface area contributed by atoms with Crippen molar-refractivity contribution < 1.29 is 0 Å². The molecule has 0 bridgehead atoms. The lowest BCUT2D eigenvalue weighted by molar-refractivity contribution is 0.602. The molecule has 0 aliphatic carbocycles. The SMILES string of the molecule is CCCCN(CCCC)c1ccc(Cn2c3c(c4cc(C)ccc42)CCNC3)cc1. The molecular formula is C27H37N3. The molecule has 0 radical (unpaired) electrons. The fourth-order valence-electron chi connectivity index (χ4n) is 4.74. The fourth-order valence-corrected chi connectivity index (χ4v) is 4.74. The Morgan fingerprint density at radius 3 is 2.40 bits per heavy atom. The quantitative estimate of drug-likeness (QED) is 0.469. The minimum absolute atomic E-state index is 0.945. The van der Waals surface area contributed by atoms with E-state index in [0.29, 0.717) is 0 Å². The lowest BCUT2D eigenvalue weighted by Gasteiger charge is -2.25. The number of nitrogens with zero attached hydrogens (tertiary/aromatic N) is 2. The first-order valence-electron chi connectivity index (χ1n) is 11.9. The molecule has 1 N–H and O–H groups in total. The molecule has 0 saturated heterocycles. The van der Waals surface area contributed by atoms with Crippen LogP contribution in [0.5, 0.6) is 0 Å². The van der Waals surface area contributed by atoms with E-state index >= 15 is 0 Å². The highest BCUT2D eigenvalue weighted by Gasteiger charge is 2.20. The van der Waals surface area contributed by atoms with Crippen LogP contribution in [0.3, 0.4) is 0 Å². The van der Waals surface area contributed by atoms with E-state index in [0.717, 1.165) is 39.1 Å². The van der Waals surface area contributed by atoms with Gasteiger partial charge in [-0.15, -0.1) is 0 Å². The third-order valence-corrected chi connectivity index (χ3v) is 6.49. The molecule has 0 fully saturated rings.